The number of aliphatic hydroxyl groups excluding tert-OH is 1. The molecule has 0 amide bonds. The Balaban J connectivity index is 3.49. The molecule has 0 heterocycles. The molecular formula is C10H13FO4. The number of methoxy groups -OCH3 is 2. The summed E-state index contributed by atoms with van der Waals surface area (Å²) < 4.78 is 23.0. The number of aliphatic hydroxyl groups is 1. The lowest BCUT2D eigenvalue weighted by molar-refractivity contribution is 0.186. The SMILES string of the molecule is COc1cc(F)c(O)c(C(C)O)c1OC. The Morgan fingerprint density at radius 2 is 1.93 bits per heavy atom. The number of halogens is 1. The zero-order valence-electron chi connectivity index (χ0n) is 8.74. The van der Waals surface area contributed by atoms with Crippen LogP contribution < -0.4 is 9.47 Å². The Bertz CT molecular complexity index is 363. The molecule has 0 radical (unpaired) electrons. The Labute approximate surface area is 86.9 Å². The van der Waals surface area contributed by atoms with E-state index < -0.39 is 17.7 Å². The van der Waals surface area contributed by atoms with Crippen LogP contribution in [0, 0.1) is 5.82 Å². The van der Waals surface area contributed by atoms with E-state index in [1.165, 1.54) is 21.1 Å². The van der Waals surface area contributed by atoms with Crippen LogP contribution in [-0.2, 0) is 0 Å². The second kappa shape index (κ2) is 4.35. The molecule has 0 aromatic heterocycles. The van der Waals surface area contributed by atoms with Crippen molar-refractivity contribution in [2.24, 2.45) is 0 Å². The maximum absolute atomic E-state index is 13.2. The van der Waals surface area contributed by atoms with Crippen molar-refractivity contribution in [2.75, 3.05) is 14.2 Å². The molecule has 0 aliphatic rings. The van der Waals surface area contributed by atoms with Crippen LogP contribution in [0.4, 0.5) is 4.39 Å². The van der Waals surface area contributed by atoms with E-state index in [-0.39, 0.29) is 17.1 Å². The number of hydrogen-bond acceptors (Lipinski definition) is 4. The van der Waals surface area contributed by atoms with E-state index in [2.05, 4.69) is 0 Å². The molecule has 0 aliphatic heterocycles. The van der Waals surface area contributed by atoms with Gasteiger partial charge in [-0.25, -0.2) is 4.39 Å². The summed E-state index contributed by atoms with van der Waals surface area (Å²) >= 11 is 0. The number of ether oxygens (including phenoxy) is 2. The van der Waals surface area contributed by atoms with Crippen LogP contribution >= 0.6 is 0 Å². The van der Waals surface area contributed by atoms with Crippen LogP contribution in [-0.4, -0.2) is 24.4 Å². The summed E-state index contributed by atoms with van der Waals surface area (Å²) in [4.78, 5) is 0. The van der Waals surface area contributed by atoms with Gasteiger partial charge in [-0.05, 0) is 6.92 Å². The van der Waals surface area contributed by atoms with Gasteiger partial charge in [0, 0.05) is 6.07 Å². The normalized spacial score (nSPS) is 12.3. The molecule has 5 heteroatoms. The molecule has 1 aromatic carbocycles. The van der Waals surface area contributed by atoms with Gasteiger partial charge >= 0.3 is 0 Å². The molecular weight excluding hydrogens is 203 g/mol. The molecule has 4 nitrogen and oxygen atoms in total. The van der Waals surface area contributed by atoms with E-state index in [0.29, 0.717) is 0 Å². The predicted octanol–water partition coefficient (Wildman–Crippen LogP) is 1.60. The molecule has 0 spiro atoms. The third-order valence-corrected chi connectivity index (χ3v) is 2.05. The van der Waals surface area contributed by atoms with Crippen molar-refractivity contribution < 1.29 is 24.1 Å². The van der Waals surface area contributed by atoms with E-state index in [9.17, 15) is 14.6 Å². The van der Waals surface area contributed by atoms with Gasteiger partial charge in [-0.1, -0.05) is 0 Å². The highest BCUT2D eigenvalue weighted by molar-refractivity contribution is 5.55. The molecule has 2 N–H and O–H groups in total. The van der Waals surface area contributed by atoms with Gasteiger partial charge in [0.1, 0.15) is 0 Å². The molecule has 1 aromatic rings. The maximum atomic E-state index is 13.2. The molecule has 0 fully saturated rings. The standard InChI is InChI=1S/C10H13FO4/c1-5(12)8-9(13)6(11)4-7(14-2)10(8)15-3/h4-5,12-13H,1-3H3. The smallest absolute Gasteiger partial charge is 0.170 e. The predicted molar refractivity (Wildman–Crippen MR) is 51.8 cm³/mol. The molecule has 0 aliphatic carbocycles. The Hall–Kier alpha value is -1.49. The van der Waals surface area contributed by atoms with Crippen LogP contribution in [0.15, 0.2) is 6.07 Å². The van der Waals surface area contributed by atoms with Crippen molar-refractivity contribution in [2.45, 2.75) is 13.0 Å². The van der Waals surface area contributed by atoms with Gasteiger partial charge in [0.25, 0.3) is 0 Å². The van der Waals surface area contributed by atoms with E-state index in [0.717, 1.165) is 6.07 Å². The summed E-state index contributed by atoms with van der Waals surface area (Å²) in [5.74, 6) is -1.22. The Morgan fingerprint density at radius 3 is 2.33 bits per heavy atom. The quantitative estimate of drug-likeness (QED) is 0.805. The van der Waals surface area contributed by atoms with Crippen LogP contribution in [0.25, 0.3) is 0 Å². The van der Waals surface area contributed by atoms with Gasteiger partial charge in [-0.2, -0.15) is 0 Å². The lowest BCUT2D eigenvalue weighted by atomic mass is 10.1. The Morgan fingerprint density at radius 1 is 1.33 bits per heavy atom. The molecule has 0 saturated heterocycles. The van der Waals surface area contributed by atoms with Crippen molar-refractivity contribution >= 4 is 0 Å². The summed E-state index contributed by atoms with van der Waals surface area (Å²) in [7, 11) is 2.70. The number of rotatable bonds is 3. The average molecular weight is 216 g/mol. The minimum absolute atomic E-state index is 0.0191. The summed E-state index contributed by atoms with van der Waals surface area (Å²) in [6, 6.07) is 1.00. The van der Waals surface area contributed by atoms with Crippen LogP contribution in [0.2, 0.25) is 0 Å². The third-order valence-electron chi connectivity index (χ3n) is 2.05. The number of benzene rings is 1. The molecule has 1 rings (SSSR count). The van der Waals surface area contributed by atoms with Gasteiger partial charge in [0.2, 0.25) is 0 Å². The second-order valence-corrected chi connectivity index (χ2v) is 3.03. The lowest BCUT2D eigenvalue weighted by Gasteiger charge is -2.16. The average Bonchev–Trinajstić information content (AvgIpc) is 2.20. The lowest BCUT2D eigenvalue weighted by Crippen LogP contribution is -2.01. The Kier molecular flexibility index (Phi) is 3.36. The van der Waals surface area contributed by atoms with Crippen LogP contribution in [0.3, 0.4) is 0 Å². The summed E-state index contributed by atoms with van der Waals surface area (Å²) in [6.07, 6.45) is -1.05. The van der Waals surface area contributed by atoms with Crippen molar-refractivity contribution in [1.29, 1.82) is 0 Å². The van der Waals surface area contributed by atoms with Crippen LogP contribution in [0.5, 0.6) is 17.2 Å². The number of phenols is 1. The fourth-order valence-corrected chi connectivity index (χ4v) is 1.37. The summed E-state index contributed by atoms with van der Waals surface area (Å²) in [5.41, 5.74) is -0.0191. The van der Waals surface area contributed by atoms with E-state index in [4.69, 9.17) is 9.47 Å². The monoisotopic (exact) mass is 216 g/mol. The first kappa shape index (κ1) is 11.6. The van der Waals surface area contributed by atoms with Crippen molar-refractivity contribution in [3.05, 3.63) is 17.4 Å². The zero-order chi connectivity index (χ0) is 11.6. The van der Waals surface area contributed by atoms with Gasteiger partial charge in [0.15, 0.2) is 23.1 Å². The zero-order valence-corrected chi connectivity index (χ0v) is 8.74. The van der Waals surface area contributed by atoms with E-state index >= 15 is 0 Å². The molecule has 1 unspecified atom stereocenters. The fraction of sp³-hybridized carbons (Fsp3) is 0.400. The number of phenolic OH excluding ortho intramolecular Hbond substituents is 1. The van der Waals surface area contributed by atoms with Crippen LogP contribution in [0.1, 0.15) is 18.6 Å². The second-order valence-electron chi connectivity index (χ2n) is 3.03. The minimum Gasteiger partial charge on any atom is -0.504 e. The summed E-state index contributed by atoms with van der Waals surface area (Å²) in [6.45, 7) is 1.40. The number of hydrogen-bond donors (Lipinski definition) is 2. The third kappa shape index (κ3) is 1.97. The molecule has 1 atom stereocenters. The highest BCUT2D eigenvalue weighted by Gasteiger charge is 2.22. The van der Waals surface area contributed by atoms with Crippen molar-refractivity contribution in [3.63, 3.8) is 0 Å². The summed E-state index contributed by atoms with van der Waals surface area (Å²) in [5, 5.41) is 18.8. The van der Waals surface area contributed by atoms with Gasteiger partial charge in [-0.3, -0.25) is 0 Å². The van der Waals surface area contributed by atoms with E-state index in [1.54, 1.807) is 0 Å². The first-order valence-electron chi connectivity index (χ1n) is 4.34. The molecule has 84 valence electrons. The first-order valence-corrected chi connectivity index (χ1v) is 4.34. The molecule has 0 saturated carbocycles. The topological polar surface area (TPSA) is 58.9 Å². The first-order chi connectivity index (χ1) is 7.02. The van der Waals surface area contributed by atoms with Crippen molar-refractivity contribution in [1.82, 2.24) is 0 Å². The van der Waals surface area contributed by atoms with Crippen molar-refractivity contribution in [3.8, 4) is 17.2 Å². The van der Waals surface area contributed by atoms with Gasteiger partial charge < -0.3 is 19.7 Å². The maximum Gasteiger partial charge on any atom is 0.170 e. The molecule has 15 heavy (non-hydrogen) atoms. The minimum atomic E-state index is -1.05. The van der Waals surface area contributed by atoms with E-state index in [1.807, 2.05) is 0 Å². The molecule has 0 bridgehead atoms. The highest BCUT2D eigenvalue weighted by atomic mass is 19.1. The largest absolute Gasteiger partial charge is 0.504 e. The number of aromatic hydroxyl groups is 1. The van der Waals surface area contributed by atoms with Gasteiger partial charge in [-0.15, -0.1) is 0 Å². The highest BCUT2D eigenvalue weighted by Crippen LogP contribution is 2.42. The van der Waals surface area contributed by atoms with Gasteiger partial charge in [0.05, 0.1) is 25.9 Å². The fourth-order valence-electron chi connectivity index (χ4n) is 1.37.